The molecule has 100 valence electrons. The zero-order valence-electron chi connectivity index (χ0n) is 10.2. The van der Waals surface area contributed by atoms with Crippen molar-refractivity contribution in [3.05, 3.63) is 11.6 Å². The van der Waals surface area contributed by atoms with Crippen LogP contribution in [0.1, 0.15) is 29.8 Å². The van der Waals surface area contributed by atoms with Crippen LogP contribution in [0.2, 0.25) is 0 Å². The van der Waals surface area contributed by atoms with Gasteiger partial charge in [0.15, 0.2) is 0 Å². The zero-order chi connectivity index (χ0) is 13.4. The number of aryl methyl sites for hydroxylation is 1. The number of nitrogens with zero attached hydrogens (tertiary/aromatic N) is 2. The second kappa shape index (κ2) is 7.38. The van der Waals surface area contributed by atoms with Crippen LogP contribution in [0.15, 0.2) is 0 Å². The lowest BCUT2D eigenvalue weighted by molar-refractivity contribution is -0.122. The fraction of sp³-hybridized carbons (Fsp3) is 0.600. The van der Waals surface area contributed by atoms with Crippen molar-refractivity contribution in [2.75, 3.05) is 19.8 Å². The van der Waals surface area contributed by atoms with Crippen LogP contribution in [-0.4, -0.2) is 46.8 Å². The van der Waals surface area contributed by atoms with E-state index in [4.69, 9.17) is 10.5 Å². The van der Waals surface area contributed by atoms with E-state index in [-0.39, 0.29) is 31.5 Å². The van der Waals surface area contributed by atoms with Gasteiger partial charge in [-0.25, -0.2) is 4.98 Å². The van der Waals surface area contributed by atoms with Gasteiger partial charge in [0.1, 0.15) is 12.4 Å². The summed E-state index contributed by atoms with van der Waals surface area (Å²) in [5.41, 5.74) is 4.88. The Bertz CT molecular complexity index is 404. The zero-order valence-corrected chi connectivity index (χ0v) is 10.2. The number of carbonyl (C=O) groups is 2. The maximum Gasteiger partial charge on any atom is 0.291 e. The molecule has 1 rings (SSSR count). The maximum atomic E-state index is 11.6. The molecule has 0 fully saturated rings. The summed E-state index contributed by atoms with van der Waals surface area (Å²) in [7, 11) is 0. The second-order valence-electron chi connectivity index (χ2n) is 3.63. The molecule has 0 aliphatic carbocycles. The van der Waals surface area contributed by atoms with E-state index in [1.807, 2.05) is 6.92 Å². The number of H-pyrrole nitrogens is 1. The molecule has 2 amide bonds. The molecule has 0 atom stereocenters. The molecule has 1 aromatic heterocycles. The van der Waals surface area contributed by atoms with Crippen molar-refractivity contribution in [1.82, 2.24) is 20.5 Å². The van der Waals surface area contributed by atoms with Crippen LogP contribution < -0.4 is 11.1 Å². The van der Waals surface area contributed by atoms with Crippen molar-refractivity contribution in [3.63, 3.8) is 0 Å². The molecule has 4 N–H and O–H groups in total. The smallest absolute Gasteiger partial charge is 0.291 e. The van der Waals surface area contributed by atoms with Gasteiger partial charge in [-0.1, -0.05) is 6.92 Å². The van der Waals surface area contributed by atoms with Crippen molar-refractivity contribution >= 4 is 11.8 Å². The molecule has 1 aromatic rings. The van der Waals surface area contributed by atoms with Crippen molar-refractivity contribution in [2.24, 2.45) is 5.73 Å². The standard InChI is InChI=1S/C10H17N5O3/c1-2-3-8-13-9(15-14-8)10(17)12-4-5-18-6-7(11)16/h2-6H2,1H3,(H2,11,16)(H,12,17)(H,13,14,15). The number of carbonyl (C=O) groups excluding carboxylic acids is 2. The van der Waals surface area contributed by atoms with Gasteiger partial charge in [-0.2, -0.15) is 0 Å². The number of ether oxygens (including phenoxy) is 1. The monoisotopic (exact) mass is 255 g/mol. The molecule has 8 nitrogen and oxygen atoms in total. The van der Waals surface area contributed by atoms with Gasteiger partial charge < -0.3 is 15.8 Å². The lowest BCUT2D eigenvalue weighted by Crippen LogP contribution is -2.29. The number of aromatic amines is 1. The largest absolute Gasteiger partial charge is 0.370 e. The predicted molar refractivity (Wildman–Crippen MR) is 62.7 cm³/mol. The van der Waals surface area contributed by atoms with E-state index < -0.39 is 5.91 Å². The van der Waals surface area contributed by atoms with Crippen LogP contribution in [0.3, 0.4) is 0 Å². The predicted octanol–water partition coefficient (Wildman–Crippen LogP) is -1.01. The Morgan fingerprint density at radius 2 is 2.28 bits per heavy atom. The van der Waals surface area contributed by atoms with Gasteiger partial charge in [0.25, 0.3) is 5.91 Å². The maximum absolute atomic E-state index is 11.6. The van der Waals surface area contributed by atoms with Gasteiger partial charge in [-0.3, -0.25) is 14.7 Å². The molecule has 0 aliphatic heterocycles. The van der Waals surface area contributed by atoms with Gasteiger partial charge in [0.05, 0.1) is 6.61 Å². The molecule has 0 bridgehead atoms. The Morgan fingerprint density at radius 1 is 1.50 bits per heavy atom. The van der Waals surface area contributed by atoms with Crippen molar-refractivity contribution < 1.29 is 14.3 Å². The first kappa shape index (κ1) is 14.1. The number of aromatic nitrogens is 3. The van der Waals surface area contributed by atoms with Crippen LogP contribution in [0.5, 0.6) is 0 Å². The number of hydrogen-bond donors (Lipinski definition) is 3. The number of amides is 2. The molecule has 1 heterocycles. The first-order valence-electron chi connectivity index (χ1n) is 5.69. The number of hydrogen-bond acceptors (Lipinski definition) is 5. The van der Waals surface area contributed by atoms with E-state index in [9.17, 15) is 9.59 Å². The molecule has 18 heavy (non-hydrogen) atoms. The summed E-state index contributed by atoms with van der Waals surface area (Å²) >= 11 is 0. The van der Waals surface area contributed by atoms with Crippen molar-refractivity contribution in [3.8, 4) is 0 Å². The molecular weight excluding hydrogens is 238 g/mol. The molecule has 0 unspecified atom stereocenters. The summed E-state index contributed by atoms with van der Waals surface area (Å²) in [5.74, 6) is -0.128. The Kier molecular flexibility index (Phi) is 5.78. The van der Waals surface area contributed by atoms with Crippen molar-refractivity contribution in [1.29, 1.82) is 0 Å². The summed E-state index contributed by atoms with van der Waals surface area (Å²) < 4.78 is 4.89. The summed E-state index contributed by atoms with van der Waals surface area (Å²) in [6.07, 6.45) is 1.68. The lowest BCUT2D eigenvalue weighted by atomic mass is 10.3. The van der Waals surface area contributed by atoms with Crippen LogP contribution in [0.25, 0.3) is 0 Å². The van der Waals surface area contributed by atoms with E-state index in [1.165, 1.54) is 0 Å². The highest BCUT2D eigenvalue weighted by Gasteiger charge is 2.11. The third kappa shape index (κ3) is 4.91. The number of nitrogens with one attached hydrogen (secondary N) is 2. The average Bonchev–Trinajstić information content (AvgIpc) is 2.77. The molecule has 0 spiro atoms. The minimum absolute atomic E-state index is 0.105. The molecular formula is C10H17N5O3. The van der Waals surface area contributed by atoms with Crippen LogP contribution in [-0.2, 0) is 16.0 Å². The minimum Gasteiger partial charge on any atom is -0.370 e. The molecule has 0 saturated carbocycles. The number of nitrogens with two attached hydrogens (primary N) is 1. The Hall–Kier alpha value is -1.96. The van der Waals surface area contributed by atoms with Crippen molar-refractivity contribution in [2.45, 2.75) is 19.8 Å². The third-order valence-electron chi connectivity index (χ3n) is 2.00. The second-order valence-corrected chi connectivity index (χ2v) is 3.63. The first-order chi connectivity index (χ1) is 8.63. The van der Waals surface area contributed by atoms with E-state index in [2.05, 4.69) is 20.5 Å². The van der Waals surface area contributed by atoms with E-state index >= 15 is 0 Å². The number of primary amides is 1. The fourth-order valence-corrected chi connectivity index (χ4v) is 1.23. The normalized spacial score (nSPS) is 10.3. The highest BCUT2D eigenvalue weighted by molar-refractivity contribution is 5.90. The van der Waals surface area contributed by atoms with Gasteiger partial charge in [-0.15, -0.1) is 5.10 Å². The van der Waals surface area contributed by atoms with Gasteiger partial charge in [0, 0.05) is 13.0 Å². The molecule has 0 aromatic carbocycles. The van der Waals surface area contributed by atoms with Crippen LogP contribution >= 0.6 is 0 Å². The van der Waals surface area contributed by atoms with Crippen LogP contribution in [0.4, 0.5) is 0 Å². The Balaban J connectivity index is 2.25. The Labute approximate surface area is 104 Å². The summed E-state index contributed by atoms with van der Waals surface area (Å²) in [4.78, 5) is 26.0. The Morgan fingerprint density at radius 3 is 2.94 bits per heavy atom. The topological polar surface area (TPSA) is 123 Å². The summed E-state index contributed by atoms with van der Waals surface area (Å²) in [5, 5.41) is 9.06. The first-order valence-corrected chi connectivity index (χ1v) is 5.69. The highest BCUT2D eigenvalue weighted by Crippen LogP contribution is 1.96. The average molecular weight is 255 g/mol. The lowest BCUT2D eigenvalue weighted by Gasteiger charge is -2.02. The van der Waals surface area contributed by atoms with Gasteiger partial charge >= 0.3 is 0 Å². The molecule has 8 heteroatoms. The fourth-order valence-electron chi connectivity index (χ4n) is 1.23. The summed E-state index contributed by atoms with van der Waals surface area (Å²) in [6.45, 7) is 2.33. The molecule has 0 saturated heterocycles. The molecule has 0 radical (unpaired) electrons. The van der Waals surface area contributed by atoms with E-state index in [0.29, 0.717) is 5.82 Å². The number of rotatable bonds is 8. The van der Waals surface area contributed by atoms with E-state index in [0.717, 1.165) is 12.8 Å². The highest BCUT2D eigenvalue weighted by atomic mass is 16.5. The van der Waals surface area contributed by atoms with E-state index in [1.54, 1.807) is 0 Å². The summed E-state index contributed by atoms with van der Waals surface area (Å²) in [6, 6.07) is 0. The molecule has 0 aliphatic rings. The van der Waals surface area contributed by atoms with Gasteiger partial charge in [-0.05, 0) is 6.42 Å². The third-order valence-corrected chi connectivity index (χ3v) is 2.00. The van der Waals surface area contributed by atoms with Crippen LogP contribution in [0, 0.1) is 0 Å². The quantitative estimate of drug-likeness (QED) is 0.513. The SMILES string of the molecule is CCCc1nc(C(=O)NCCOCC(N)=O)n[nH]1. The minimum atomic E-state index is -0.542. The van der Waals surface area contributed by atoms with Gasteiger partial charge in [0.2, 0.25) is 11.7 Å².